The van der Waals surface area contributed by atoms with E-state index in [2.05, 4.69) is 0 Å². The van der Waals surface area contributed by atoms with Gasteiger partial charge in [-0.2, -0.15) is 0 Å². The molecule has 2 heterocycles. The summed E-state index contributed by atoms with van der Waals surface area (Å²) in [6.07, 6.45) is 0.646. The first kappa shape index (κ1) is 24.0. The van der Waals surface area contributed by atoms with Crippen LogP contribution >= 0.6 is 11.8 Å². The number of esters is 1. The van der Waals surface area contributed by atoms with Crippen molar-refractivity contribution < 1.29 is 19.1 Å². The molecule has 0 bridgehead atoms. The Hall–Kier alpha value is -3.17. The fraction of sp³-hybridized carbons (Fsp3) is 0.360. The molecule has 178 valence electrons. The Bertz CT molecular complexity index is 1240. The molecule has 1 atom stereocenters. The average molecular weight is 482 g/mol. The SMILES string of the molecule is COC(=O)c1ccc2c(=O)n(CCc3ccccc3)c(SC(C)C(=O)N3CCOCC3)nc2c1. The van der Waals surface area contributed by atoms with Gasteiger partial charge >= 0.3 is 5.97 Å². The van der Waals surface area contributed by atoms with Crippen molar-refractivity contribution in [3.05, 3.63) is 70.0 Å². The van der Waals surface area contributed by atoms with Crippen LogP contribution in [-0.2, 0) is 27.2 Å². The highest BCUT2D eigenvalue weighted by molar-refractivity contribution is 8.00. The number of thioether (sulfide) groups is 1. The highest BCUT2D eigenvalue weighted by atomic mass is 32.2. The third kappa shape index (κ3) is 5.31. The lowest BCUT2D eigenvalue weighted by Crippen LogP contribution is -2.44. The molecule has 3 aromatic rings. The van der Waals surface area contributed by atoms with Crippen molar-refractivity contribution in [2.75, 3.05) is 33.4 Å². The molecule has 1 aliphatic heterocycles. The van der Waals surface area contributed by atoms with Crippen molar-refractivity contribution in [1.29, 1.82) is 0 Å². The lowest BCUT2D eigenvalue weighted by molar-refractivity contribution is -0.134. The zero-order valence-corrected chi connectivity index (χ0v) is 20.0. The Kier molecular flexibility index (Phi) is 7.64. The van der Waals surface area contributed by atoms with Crippen LogP contribution in [0.25, 0.3) is 10.9 Å². The topological polar surface area (TPSA) is 90.7 Å². The first-order chi connectivity index (χ1) is 16.5. The third-order valence-corrected chi connectivity index (χ3v) is 6.84. The third-order valence-electron chi connectivity index (χ3n) is 5.76. The molecule has 1 aliphatic rings. The first-order valence-corrected chi connectivity index (χ1v) is 12.1. The number of aryl methyl sites for hydroxylation is 1. The zero-order valence-electron chi connectivity index (χ0n) is 19.2. The van der Waals surface area contributed by atoms with Crippen LogP contribution in [0.1, 0.15) is 22.8 Å². The monoisotopic (exact) mass is 481 g/mol. The van der Waals surface area contributed by atoms with Gasteiger partial charge in [-0.3, -0.25) is 14.2 Å². The second-order valence-electron chi connectivity index (χ2n) is 8.01. The van der Waals surface area contributed by atoms with Crippen molar-refractivity contribution in [3.8, 4) is 0 Å². The number of nitrogens with zero attached hydrogens (tertiary/aromatic N) is 3. The van der Waals surface area contributed by atoms with Gasteiger partial charge in [0, 0.05) is 19.6 Å². The van der Waals surface area contributed by atoms with E-state index in [0.717, 1.165) is 5.56 Å². The Morgan fingerprint density at radius 2 is 1.88 bits per heavy atom. The molecule has 0 saturated carbocycles. The van der Waals surface area contributed by atoms with Crippen molar-refractivity contribution in [3.63, 3.8) is 0 Å². The maximum Gasteiger partial charge on any atom is 0.337 e. The molecule has 8 nitrogen and oxygen atoms in total. The number of hydrogen-bond donors (Lipinski definition) is 0. The number of carbonyl (C=O) groups is 2. The van der Waals surface area contributed by atoms with Gasteiger partial charge in [0.25, 0.3) is 5.56 Å². The molecule has 9 heteroatoms. The van der Waals surface area contributed by atoms with Gasteiger partial charge in [-0.15, -0.1) is 0 Å². The van der Waals surface area contributed by atoms with Gasteiger partial charge in [-0.25, -0.2) is 9.78 Å². The minimum Gasteiger partial charge on any atom is -0.465 e. The van der Waals surface area contributed by atoms with E-state index in [9.17, 15) is 14.4 Å². The lowest BCUT2D eigenvalue weighted by Gasteiger charge is -2.29. The zero-order chi connectivity index (χ0) is 24.1. The summed E-state index contributed by atoms with van der Waals surface area (Å²) in [4.78, 5) is 44.9. The van der Waals surface area contributed by atoms with Crippen LogP contribution in [0, 0.1) is 0 Å². The number of hydrogen-bond acceptors (Lipinski definition) is 7. The standard InChI is InChI=1S/C25H27N3O5S/c1-17(22(29)27-12-14-33-15-13-27)34-25-26-21-16-19(24(31)32-2)8-9-20(21)23(30)28(25)11-10-18-6-4-3-5-7-18/h3-9,16-17H,10-15H2,1-2H3. The number of fused-ring (bicyclic) bond motifs is 1. The van der Waals surface area contributed by atoms with Crippen LogP contribution in [0.4, 0.5) is 0 Å². The van der Waals surface area contributed by atoms with Gasteiger partial charge in [-0.1, -0.05) is 42.1 Å². The largest absolute Gasteiger partial charge is 0.465 e. The number of ether oxygens (including phenoxy) is 2. The molecular weight excluding hydrogens is 454 g/mol. The minimum absolute atomic E-state index is 0.0134. The van der Waals surface area contributed by atoms with Gasteiger partial charge in [0.05, 0.1) is 42.0 Å². The number of methoxy groups -OCH3 is 1. The van der Waals surface area contributed by atoms with Gasteiger partial charge in [-0.05, 0) is 37.1 Å². The Labute approximate surface area is 201 Å². The summed E-state index contributed by atoms with van der Waals surface area (Å²) in [5.41, 5.74) is 1.62. The summed E-state index contributed by atoms with van der Waals surface area (Å²) in [6.45, 7) is 4.40. The van der Waals surface area contributed by atoms with E-state index in [-0.39, 0.29) is 11.5 Å². The van der Waals surface area contributed by atoms with E-state index < -0.39 is 11.2 Å². The predicted molar refractivity (Wildman–Crippen MR) is 130 cm³/mol. The Balaban J connectivity index is 1.69. The molecule has 0 radical (unpaired) electrons. The molecule has 0 aliphatic carbocycles. The number of morpholine rings is 1. The van der Waals surface area contributed by atoms with Crippen molar-refractivity contribution in [1.82, 2.24) is 14.5 Å². The number of benzene rings is 2. The van der Waals surface area contributed by atoms with Crippen LogP contribution in [-0.4, -0.2) is 65.0 Å². The molecule has 1 saturated heterocycles. The quantitative estimate of drug-likeness (QED) is 0.291. The van der Waals surface area contributed by atoms with E-state index in [1.54, 1.807) is 27.7 Å². The molecule has 4 rings (SSSR count). The number of carbonyl (C=O) groups excluding carboxylic acids is 2. The highest BCUT2D eigenvalue weighted by Gasteiger charge is 2.25. The lowest BCUT2D eigenvalue weighted by atomic mass is 10.1. The van der Waals surface area contributed by atoms with Gasteiger partial charge in [0.2, 0.25) is 5.91 Å². The van der Waals surface area contributed by atoms with Crippen LogP contribution in [0.5, 0.6) is 0 Å². The Morgan fingerprint density at radius 3 is 2.59 bits per heavy atom. The maximum absolute atomic E-state index is 13.5. The fourth-order valence-electron chi connectivity index (χ4n) is 3.87. The van der Waals surface area contributed by atoms with E-state index in [1.165, 1.54) is 18.9 Å². The van der Waals surface area contributed by atoms with Gasteiger partial charge in [0.1, 0.15) is 0 Å². The minimum atomic E-state index is -0.498. The second kappa shape index (κ2) is 10.8. The van der Waals surface area contributed by atoms with Crippen LogP contribution in [0.3, 0.4) is 0 Å². The van der Waals surface area contributed by atoms with Gasteiger partial charge < -0.3 is 14.4 Å². The second-order valence-corrected chi connectivity index (χ2v) is 9.32. The molecule has 1 fully saturated rings. The Morgan fingerprint density at radius 1 is 1.15 bits per heavy atom. The predicted octanol–water partition coefficient (Wildman–Crippen LogP) is 2.77. The van der Waals surface area contributed by atoms with E-state index >= 15 is 0 Å². The molecular formula is C25H27N3O5S. The summed E-state index contributed by atoms with van der Waals surface area (Å²) in [5.74, 6) is -0.511. The summed E-state index contributed by atoms with van der Waals surface area (Å²) in [5, 5.41) is 0.427. The summed E-state index contributed by atoms with van der Waals surface area (Å²) >= 11 is 1.26. The van der Waals surface area contributed by atoms with Crippen molar-refractivity contribution in [2.24, 2.45) is 0 Å². The molecule has 0 N–H and O–H groups in total. The van der Waals surface area contributed by atoms with Crippen molar-refractivity contribution >= 4 is 34.5 Å². The molecule has 1 amide bonds. The summed E-state index contributed by atoms with van der Waals surface area (Å²) < 4.78 is 11.8. The van der Waals surface area contributed by atoms with E-state index in [4.69, 9.17) is 14.5 Å². The summed E-state index contributed by atoms with van der Waals surface area (Å²) in [7, 11) is 1.31. The van der Waals surface area contributed by atoms with Crippen molar-refractivity contribution in [2.45, 2.75) is 30.3 Å². The fourth-order valence-corrected chi connectivity index (χ4v) is 4.89. The first-order valence-electron chi connectivity index (χ1n) is 11.2. The van der Waals surface area contributed by atoms with Gasteiger partial charge in [0.15, 0.2) is 5.16 Å². The number of amides is 1. The van der Waals surface area contributed by atoms with Crippen LogP contribution in [0.15, 0.2) is 58.5 Å². The average Bonchev–Trinajstić information content (AvgIpc) is 2.88. The van der Waals surface area contributed by atoms with Crippen LogP contribution in [0.2, 0.25) is 0 Å². The highest BCUT2D eigenvalue weighted by Crippen LogP contribution is 2.25. The molecule has 2 aromatic carbocycles. The molecule has 1 aromatic heterocycles. The summed E-state index contributed by atoms with van der Waals surface area (Å²) in [6, 6.07) is 14.6. The number of aromatic nitrogens is 2. The maximum atomic E-state index is 13.5. The number of rotatable bonds is 7. The van der Waals surface area contributed by atoms with E-state index in [0.29, 0.717) is 60.9 Å². The van der Waals surface area contributed by atoms with E-state index in [1.807, 2.05) is 37.3 Å². The molecule has 34 heavy (non-hydrogen) atoms. The smallest absolute Gasteiger partial charge is 0.337 e. The molecule has 0 spiro atoms. The van der Waals surface area contributed by atoms with Crippen LogP contribution < -0.4 is 5.56 Å². The normalized spacial score (nSPS) is 14.7. The molecule has 1 unspecified atom stereocenters.